The van der Waals surface area contributed by atoms with Crippen molar-refractivity contribution in [3.8, 4) is 11.1 Å². The summed E-state index contributed by atoms with van der Waals surface area (Å²) in [5.41, 5.74) is 4.09. The zero-order valence-electron chi connectivity index (χ0n) is 13.1. The van der Waals surface area contributed by atoms with Crippen LogP contribution in [0.3, 0.4) is 0 Å². The monoisotopic (exact) mass is 310 g/mol. The average Bonchev–Trinajstić information content (AvgIpc) is 2.55. The van der Waals surface area contributed by atoms with Gasteiger partial charge in [0.2, 0.25) is 0 Å². The Morgan fingerprint density at radius 1 is 1.04 bits per heavy atom. The highest BCUT2D eigenvalue weighted by Crippen LogP contribution is 2.33. The van der Waals surface area contributed by atoms with Crippen LogP contribution in [0.25, 0.3) is 16.7 Å². The first-order valence-corrected chi connectivity index (χ1v) is 7.94. The summed E-state index contributed by atoms with van der Waals surface area (Å²) in [7, 11) is 0. The Hall–Kier alpha value is -2.42. The SMILES string of the molecule is CCc1ccc(-c2ccc(F)cc2)cc1C1=C(O)CCCC1=O. The van der Waals surface area contributed by atoms with Crippen LogP contribution in [0, 0.1) is 5.82 Å². The molecule has 0 bridgehead atoms. The third-order valence-corrected chi connectivity index (χ3v) is 4.32. The van der Waals surface area contributed by atoms with Gasteiger partial charge in [0.05, 0.1) is 5.57 Å². The smallest absolute Gasteiger partial charge is 0.166 e. The molecule has 0 aromatic heterocycles. The van der Waals surface area contributed by atoms with E-state index in [0.29, 0.717) is 24.8 Å². The number of halogens is 1. The molecule has 1 aliphatic rings. The highest BCUT2D eigenvalue weighted by Gasteiger charge is 2.23. The predicted octanol–water partition coefficient (Wildman–Crippen LogP) is 5.08. The second kappa shape index (κ2) is 6.37. The van der Waals surface area contributed by atoms with Crippen LogP contribution in [0.5, 0.6) is 0 Å². The highest BCUT2D eigenvalue weighted by molar-refractivity contribution is 6.22. The van der Waals surface area contributed by atoms with Crippen LogP contribution in [-0.4, -0.2) is 10.9 Å². The molecule has 118 valence electrons. The van der Waals surface area contributed by atoms with Gasteiger partial charge < -0.3 is 5.11 Å². The number of aryl methyl sites for hydroxylation is 1. The van der Waals surface area contributed by atoms with Crippen LogP contribution in [0.2, 0.25) is 0 Å². The number of ketones is 1. The van der Waals surface area contributed by atoms with Crippen molar-refractivity contribution < 1.29 is 14.3 Å². The first-order chi connectivity index (χ1) is 11.1. The van der Waals surface area contributed by atoms with Crippen LogP contribution in [-0.2, 0) is 11.2 Å². The van der Waals surface area contributed by atoms with E-state index >= 15 is 0 Å². The topological polar surface area (TPSA) is 37.3 Å². The molecule has 3 rings (SSSR count). The molecule has 0 fully saturated rings. The van der Waals surface area contributed by atoms with E-state index in [4.69, 9.17) is 0 Å². The number of allylic oxidation sites excluding steroid dienone is 2. The van der Waals surface area contributed by atoms with Gasteiger partial charge in [-0.15, -0.1) is 0 Å². The third-order valence-electron chi connectivity index (χ3n) is 4.32. The number of hydrogen-bond donors (Lipinski definition) is 1. The Labute approximate surface area is 135 Å². The number of benzene rings is 2. The number of hydrogen-bond acceptors (Lipinski definition) is 2. The number of rotatable bonds is 3. The summed E-state index contributed by atoms with van der Waals surface area (Å²) >= 11 is 0. The number of Topliss-reactive ketones (excluding diaryl/α,β-unsaturated/α-hetero) is 1. The molecule has 2 aromatic carbocycles. The first-order valence-electron chi connectivity index (χ1n) is 7.94. The van der Waals surface area contributed by atoms with Gasteiger partial charge in [0.15, 0.2) is 5.78 Å². The van der Waals surface area contributed by atoms with Crippen LogP contribution >= 0.6 is 0 Å². The fourth-order valence-corrected chi connectivity index (χ4v) is 3.07. The Morgan fingerprint density at radius 2 is 1.74 bits per heavy atom. The molecule has 3 heteroatoms. The van der Waals surface area contributed by atoms with Gasteiger partial charge in [-0.25, -0.2) is 4.39 Å². The molecule has 2 nitrogen and oxygen atoms in total. The van der Waals surface area contributed by atoms with Gasteiger partial charge in [0.1, 0.15) is 11.6 Å². The van der Waals surface area contributed by atoms with Crippen LogP contribution in [0.4, 0.5) is 4.39 Å². The maximum Gasteiger partial charge on any atom is 0.166 e. The zero-order chi connectivity index (χ0) is 16.4. The lowest BCUT2D eigenvalue weighted by Crippen LogP contribution is -2.12. The number of aliphatic hydroxyl groups is 1. The molecule has 0 amide bonds. The van der Waals surface area contributed by atoms with Gasteiger partial charge in [-0.3, -0.25) is 4.79 Å². The van der Waals surface area contributed by atoms with E-state index in [1.165, 1.54) is 12.1 Å². The summed E-state index contributed by atoms with van der Waals surface area (Å²) in [5, 5.41) is 10.2. The fourth-order valence-electron chi connectivity index (χ4n) is 3.07. The predicted molar refractivity (Wildman–Crippen MR) is 89.6 cm³/mol. The maximum atomic E-state index is 13.1. The number of carbonyl (C=O) groups is 1. The Balaban J connectivity index is 2.14. The van der Waals surface area contributed by atoms with Gasteiger partial charge in [0.25, 0.3) is 0 Å². The molecule has 2 aromatic rings. The van der Waals surface area contributed by atoms with Crippen molar-refractivity contribution in [3.05, 3.63) is 65.2 Å². The summed E-state index contributed by atoms with van der Waals surface area (Å²) in [6.07, 6.45) is 2.50. The van der Waals surface area contributed by atoms with Gasteiger partial charge in [-0.2, -0.15) is 0 Å². The molecule has 23 heavy (non-hydrogen) atoms. The van der Waals surface area contributed by atoms with Crippen molar-refractivity contribution >= 4 is 11.4 Å². The van der Waals surface area contributed by atoms with E-state index in [-0.39, 0.29) is 17.4 Å². The van der Waals surface area contributed by atoms with Crippen molar-refractivity contribution in [1.29, 1.82) is 0 Å². The molecule has 0 unspecified atom stereocenters. The van der Waals surface area contributed by atoms with Gasteiger partial charge in [-0.1, -0.05) is 31.2 Å². The van der Waals surface area contributed by atoms with E-state index in [1.54, 1.807) is 12.1 Å². The summed E-state index contributed by atoms with van der Waals surface area (Å²) in [6, 6.07) is 12.2. The molecule has 1 aliphatic carbocycles. The Kier molecular flexibility index (Phi) is 4.28. The molecule has 0 saturated carbocycles. The molecule has 0 atom stereocenters. The lowest BCUT2D eigenvalue weighted by atomic mass is 9.86. The van der Waals surface area contributed by atoms with Crippen molar-refractivity contribution in [2.75, 3.05) is 0 Å². The maximum absolute atomic E-state index is 13.1. The number of aliphatic hydroxyl groups excluding tert-OH is 1. The normalized spacial score (nSPS) is 15.1. The molecule has 0 spiro atoms. The second-order valence-electron chi connectivity index (χ2n) is 5.83. The largest absolute Gasteiger partial charge is 0.512 e. The quantitative estimate of drug-likeness (QED) is 0.858. The lowest BCUT2D eigenvalue weighted by Gasteiger charge is -2.19. The first kappa shape index (κ1) is 15.5. The fraction of sp³-hybridized carbons (Fsp3) is 0.250. The van der Waals surface area contributed by atoms with Crippen molar-refractivity contribution in [3.63, 3.8) is 0 Å². The van der Waals surface area contributed by atoms with E-state index in [0.717, 1.165) is 28.7 Å². The zero-order valence-corrected chi connectivity index (χ0v) is 13.1. The van der Waals surface area contributed by atoms with Crippen molar-refractivity contribution in [2.45, 2.75) is 32.6 Å². The van der Waals surface area contributed by atoms with Gasteiger partial charge in [0, 0.05) is 12.8 Å². The van der Waals surface area contributed by atoms with Gasteiger partial charge >= 0.3 is 0 Å². The molecular weight excluding hydrogens is 291 g/mol. The summed E-state index contributed by atoms with van der Waals surface area (Å²) in [5.74, 6) is -0.0890. The van der Waals surface area contributed by atoms with E-state index in [9.17, 15) is 14.3 Å². The third kappa shape index (κ3) is 3.04. The standard InChI is InChI=1S/C20H19FO2/c1-2-13-6-7-15(14-8-10-16(21)11-9-14)12-17(13)20-18(22)4-3-5-19(20)23/h6-12,22H,2-5H2,1H3. The van der Waals surface area contributed by atoms with E-state index in [1.807, 2.05) is 25.1 Å². The minimum atomic E-state index is -0.276. The average molecular weight is 310 g/mol. The summed E-state index contributed by atoms with van der Waals surface area (Å²) in [6.45, 7) is 2.03. The minimum Gasteiger partial charge on any atom is -0.512 e. The van der Waals surface area contributed by atoms with Crippen LogP contribution in [0.1, 0.15) is 37.3 Å². The summed E-state index contributed by atoms with van der Waals surface area (Å²) in [4.78, 5) is 12.3. The summed E-state index contributed by atoms with van der Waals surface area (Å²) < 4.78 is 13.1. The number of carbonyl (C=O) groups excluding carboxylic acids is 1. The highest BCUT2D eigenvalue weighted by atomic mass is 19.1. The molecule has 0 saturated heterocycles. The van der Waals surface area contributed by atoms with Crippen LogP contribution in [0.15, 0.2) is 48.2 Å². The Bertz CT molecular complexity index is 773. The lowest BCUT2D eigenvalue weighted by molar-refractivity contribution is -0.114. The molecular formula is C20H19FO2. The van der Waals surface area contributed by atoms with Crippen LogP contribution < -0.4 is 0 Å². The van der Waals surface area contributed by atoms with Crippen molar-refractivity contribution in [2.24, 2.45) is 0 Å². The Morgan fingerprint density at radius 3 is 2.39 bits per heavy atom. The van der Waals surface area contributed by atoms with E-state index < -0.39 is 0 Å². The molecule has 1 N–H and O–H groups in total. The molecule has 0 radical (unpaired) electrons. The van der Waals surface area contributed by atoms with Gasteiger partial charge in [-0.05, 0) is 53.3 Å². The second-order valence-corrected chi connectivity index (χ2v) is 5.83. The van der Waals surface area contributed by atoms with Crippen molar-refractivity contribution in [1.82, 2.24) is 0 Å². The van der Waals surface area contributed by atoms with E-state index in [2.05, 4.69) is 0 Å². The molecule has 0 heterocycles. The minimum absolute atomic E-state index is 0.000272. The molecule has 0 aliphatic heterocycles.